The van der Waals surface area contributed by atoms with Gasteiger partial charge in [0.2, 0.25) is 5.91 Å². The summed E-state index contributed by atoms with van der Waals surface area (Å²) in [5.41, 5.74) is 0.750. The maximum absolute atomic E-state index is 12.6. The van der Waals surface area contributed by atoms with Gasteiger partial charge in [0.15, 0.2) is 5.16 Å². The molecule has 1 aliphatic carbocycles. The fourth-order valence-corrected chi connectivity index (χ4v) is 4.55. The monoisotopic (exact) mass is 414 g/mol. The van der Waals surface area contributed by atoms with E-state index in [1.807, 2.05) is 31.2 Å². The van der Waals surface area contributed by atoms with E-state index in [1.54, 1.807) is 18.4 Å². The molecule has 0 aliphatic heterocycles. The Morgan fingerprint density at radius 1 is 1.32 bits per heavy atom. The van der Waals surface area contributed by atoms with E-state index in [0.717, 1.165) is 41.7 Å². The molecule has 0 unspecified atom stereocenters. The van der Waals surface area contributed by atoms with E-state index in [-0.39, 0.29) is 11.2 Å². The number of amides is 1. The highest BCUT2D eigenvalue weighted by Crippen LogP contribution is 2.40. The van der Waals surface area contributed by atoms with Crippen molar-refractivity contribution in [3.63, 3.8) is 0 Å². The van der Waals surface area contributed by atoms with Gasteiger partial charge in [0.05, 0.1) is 12.4 Å². The Labute approximate surface area is 172 Å². The minimum Gasteiger partial charge on any atom is -0.497 e. The number of nitrogens with zero attached hydrogens (tertiary/aromatic N) is 3. The SMILES string of the molecule is COc1ccc(NC(=O)[C@@H](C)Sc2nnc(Cc3cccs3)n2C2CC2)cc1. The molecule has 3 aromatic rings. The molecule has 1 N–H and O–H groups in total. The first-order valence-corrected chi connectivity index (χ1v) is 11.0. The topological polar surface area (TPSA) is 69.0 Å². The minimum absolute atomic E-state index is 0.0553. The first kappa shape index (κ1) is 19.0. The van der Waals surface area contributed by atoms with Crippen LogP contribution in [0.5, 0.6) is 5.75 Å². The number of carbonyl (C=O) groups is 1. The van der Waals surface area contributed by atoms with Gasteiger partial charge in [-0.3, -0.25) is 4.79 Å². The summed E-state index contributed by atoms with van der Waals surface area (Å²) in [6.45, 7) is 1.90. The van der Waals surface area contributed by atoms with Gasteiger partial charge >= 0.3 is 0 Å². The maximum Gasteiger partial charge on any atom is 0.237 e. The molecule has 1 amide bonds. The molecule has 0 spiro atoms. The van der Waals surface area contributed by atoms with Crippen molar-refractivity contribution in [3.8, 4) is 5.75 Å². The number of hydrogen-bond donors (Lipinski definition) is 1. The quantitative estimate of drug-likeness (QED) is 0.554. The van der Waals surface area contributed by atoms with Gasteiger partial charge < -0.3 is 14.6 Å². The molecule has 1 aromatic carbocycles. The van der Waals surface area contributed by atoms with Gasteiger partial charge in [-0.05, 0) is 55.5 Å². The Balaban J connectivity index is 1.44. The van der Waals surface area contributed by atoms with Crippen molar-refractivity contribution in [3.05, 3.63) is 52.5 Å². The van der Waals surface area contributed by atoms with E-state index < -0.39 is 0 Å². The van der Waals surface area contributed by atoms with Crippen LogP contribution >= 0.6 is 23.1 Å². The number of methoxy groups -OCH3 is 1. The molecule has 28 heavy (non-hydrogen) atoms. The molecule has 0 saturated heterocycles. The zero-order valence-corrected chi connectivity index (χ0v) is 17.4. The van der Waals surface area contributed by atoms with Crippen LogP contribution in [0.1, 0.15) is 36.5 Å². The summed E-state index contributed by atoms with van der Waals surface area (Å²) in [5, 5.41) is 14.4. The third kappa shape index (κ3) is 4.39. The van der Waals surface area contributed by atoms with Crippen molar-refractivity contribution < 1.29 is 9.53 Å². The standard InChI is InChI=1S/C20H22N4O2S2/c1-13(19(25)21-14-5-9-16(26-2)10-6-14)28-20-23-22-18(24(20)15-7-8-15)12-17-4-3-11-27-17/h3-6,9-11,13,15H,7-8,12H2,1-2H3,(H,21,25)/t13-/m1/s1. The largest absolute Gasteiger partial charge is 0.497 e. The van der Waals surface area contributed by atoms with Gasteiger partial charge in [-0.2, -0.15) is 0 Å². The smallest absolute Gasteiger partial charge is 0.237 e. The molecule has 0 bridgehead atoms. The van der Waals surface area contributed by atoms with E-state index in [9.17, 15) is 4.79 Å². The van der Waals surface area contributed by atoms with Crippen LogP contribution in [0.3, 0.4) is 0 Å². The molecule has 6 nitrogen and oxygen atoms in total. The van der Waals surface area contributed by atoms with Gasteiger partial charge in [-0.1, -0.05) is 17.8 Å². The van der Waals surface area contributed by atoms with Crippen LogP contribution in [0.15, 0.2) is 46.9 Å². The molecular weight excluding hydrogens is 392 g/mol. The maximum atomic E-state index is 12.6. The Morgan fingerprint density at radius 3 is 2.75 bits per heavy atom. The predicted molar refractivity (Wildman–Crippen MR) is 112 cm³/mol. The zero-order valence-electron chi connectivity index (χ0n) is 15.8. The number of nitrogens with one attached hydrogen (secondary N) is 1. The molecular formula is C20H22N4O2S2. The Morgan fingerprint density at radius 2 is 2.11 bits per heavy atom. The van der Waals surface area contributed by atoms with Crippen molar-refractivity contribution >= 4 is 34.7 Å². The number of anilines is 1. The average Bonchev–Trinajstić information content (AvgIpc) is 3.26. The summed E-state index contributed by atoms with van der Waals surface area (Å²) in [6, 6.07) is 12.0. The second kappa shape index (κ2) is 8.36. The number of aromatic nitrogens is 3. The number of thiophene rings is 1. The highest BCUT2D eigenvalue weighted by Gasteiger charge is 2.31. The first-order chi connectivity index (χ1) is 13.6. The van der Waals surface area contributed by atoms with Crippen molar-refractivity contribution in [2.24, 2.45) is 0 Å². The van der Waals surface area contributed by atoms with E-state index in [2.05, 4.69) is 37.6 Å². The molecule has 1 fully saturated rings. The second-order valence-corrected chi connectivity index (χ2v) is 9.07. The van der Waals surface area contributed by atoms with Crippen molar-refractivity contribution in [1.29, 1.82) is 0 Å². The number of carbonyl (C=O) groups excluding carboxylic acids is 1. The lowest BCUT2D eigenvalue weighted by Gasteiger charge is -2.13. The van der Waals surface area contributed by atoms with Crippen molar-refractivity contribution in [2.45, 2.75) is 42.6 Å². The zero-order chi connectivity index (χ0) is 19.5. The van der Waals surface area contributed by atoms with Crippen LogP contribution in [0.4, 0.5) is 5.69 Å². The van der Waals surface area contributed by atoms with Crippen molar-refractivity contribution in [2.75, 3.05) is 12.4 Å². The molecule has 2 heterocycles. The molecule has 0 radical (unpaired) electrons. The van der Waals surface area contributed by atoms with E-state index in [1.165, 1.54) is 16.6 Å². The minimum atomic E-state index is -0.279. The van der Waals surface area contributed by atoms with Gasteiger partial charge in [0.25, 0.3) is 0 Å². The molecule has 1 saturated carbocycles. The number of rotatable bonds is 8. The summed E-state index contributed by atoms with van der Waals surface area (Å²) in [7, 11) is 1.62. The fourth-order valence-electron chi connectivity index (χ4n) is 2.91. The van der Waals surface area contributed by atoms with Gasteiger partial charge in [-0.25, -0.2) is 0 Å². The lowest BCUT2D eigenvalue weighted by Crippen LogP contribution is -2.23. The lowest BCUT2D eigenvalue weighted by molar-refractivity contribution is -0.115. The third-order valence-corrected chi connectivity index (χ3v) is 6.50. The Hall–Kier alpha value is -2.32. The van der Waals surface area contributed by atoms with Crippen LogP contribution in [-0.4, -0.2) is 33.0 Å². The Bertz CT molecular complexity index is 934. The second-order valence-electron chi connectivity index (χ2n) is 6.73. The molecule has 4 rings (SSSR count). The summed E-state index contributed by atoms with van der Waals surface area (Å²) in [6.07, 6.45) is 3.08. The normalized spacial score (nSPS) is 14.6. The number of benzene rings is 1. The van der Waals surface area contributed by atoms with Crippen LogP contribution in [0.25, 0.3) is 0 Å². The molecule has 2 aromatic heterocycles. The lowest BCUT2D eigenvalue weighted by atomic mass is 10.3. The van der Waals surface area contributed by atoms with Gasteiger partial charge in [0.1, 0.15) is 11.6 Å². The van der Waals surface area contributed by atoms with E-state index >= 15 is 0 Å². The number of thioether (sulfide) groups is 1. The summed E-state index contributed by atoms with van der Waals surface area (Å²) < 4.78 is 7.37. The van der Waals surface area contributed by atoms with Crippen LogP contribution in [-0.2, 0) is 11.2 Å². The molecule has 146 valence electrons. The number of hydrogen-bond acceptors (Lipinski definition) is 6. The third-order valence-electron chi connectivity index (χ3n) is 4.57. The fraction of sp³-hybridized carbons (Fsp3) is 0.350. The van der Waals surface area contributed by atoms with Crippen LogP contribution in [0.2, 0.25) is 0 Å². The molecule has 8 heteroatoms. The summed E-state index contributed by atoms with van der Waals surface area (Å²) in [5.74, 6) is 1.69. The highest BCUT2D eigenvalue weighted by molar-refractivity contribution is 8.00. The highest BCUT2D eigenvalue weighted by atomic mass is 32.2. The first-order valence-electron chi connectivity index (χ1n) is 9.22. The summed E-state index contributed by atoms with van der Waals surface area (Å²) in [4.78, 5) is 13.9. The van der Waals surface area contributed by atoms with E-state index in [0.29, 0.717) is 6.04 Å². The average molecular weight is 415 g/mol. The Kier molecular flexibility index (Phi) is 5.68. The number of ether oxygens (including phenoxy) is 1. The molecule has 1 aliphatic rings. The predicted octanol–water partition coefficient (Wildman–Crippen LogP) is 4.39. The van der Waals surface area contributed by atoms with Gasteiger partial charge in [0, 0.05) is 23.0 Å². The van der Waals surface area contributed by atoms with Gasteiger partial charge in [-0.15, -0.1) is 21.5 Å². The van der Waals surface area contributed by atoms with Crippen molar-refractivity contribution in [1.82, 2.24) is 14.8 Å². The molecule has 1 atom stereocenters. The van der Waals surface area contributed by atoms with Crippen LogP contribution < -0.4 is 10.1 Å². The summed E-state index contributed by atoms with van der Waals surface area (Å²) >= 11 is 3.19. The van der Waals surface area contributed by atoms with E-state index in [4.69, 9.17) is 4.74 Å². The van der Waals surface area contributed by atoms with Crippen LogP contribution in [0, 0.1) is 0 Å².